The maximum absolute atomic E-state index is 4.57. The average molecular weight is 338 g/mol. The second-order valence-electron chi connectivity index (χ2n) is 6.18. The van der Waals surface area contributed by atoms with Crippen molar-refractivity contribution in [3.8, 4) is 0 Å². The number of nitrogens with zero attached hydrogens (tertiary/aromatic N) is 3. The van der Waals surface area contributed by atoms with Crippen LogP contribution >= 0.6 is 11.3 Å². The summed E-state index contributed by atoms with van der Waals surface area (Å²) in [5.41, 5.74) is 1.16. The summed E-state index contributed by atoms with van der Waals surface area (Å²) in [5.74, 6) is 0.899. The van der Waals surface area contributed by atoms with Crippen molar-refractivity contribution in [1.82, 2.24) is 20.5 Å². The second kappa shape index (κ2) is 9.88. The quantitative estimate of drug-likeness (QED) is 0.434. The van der Waals surface area contributed by atoms with Crippen molar-refractivity contribution in [2.24, 2.45) is 4.99 Å². The van der Waals surface area contributed by atoms with E-state index in [2.05, 4.69) is 39.4 Å². The number of nitrogens with one attached hydrogen (secondary N) is 2. The molecule has 0 unspecified atom stereocenters. The fourth-order valence-electron chi connectivity index (χ4n) is 2.83. The Bertz CT molecular complexity index is 472. The fraction of sp³-hybridized carbons (Fsp3) is 0.765. The summed E-state index contributed by atoms with van der Waals surface area (Å²) < 4.78 is 0. The Morgan fingerprint density at radius 3 is 2.57 bits per heavy atom. The van der Waals surface area contributed by atoms with Gasteiger partial charge in [-0.15, -0.1) is 11.3 Å². The molecular formula is C17H31N5S. The van der Waals surface area contributed by atoms with Gasteiger partial charge in [0.05, 0.1) is 10.7 Å². The molecule has 0 bridgehead atoms. The zero-order valence-corrected chi connectivity index (χ0v) is 15.6. The lowest BCUT2D eigenvalue weighted by Crippen LogP contribution is -2.38. The van der Waals surface area contributed by atoms with E-state index in [1.807, 2.05) is 7.05 Å². The highest BCUT2D eigenvalue weighted by molar-refractivity contribution is 7.11. The first-order valence-corrected chi connectivity index (χ1v) is 9.60. The van der Waals surface area contributed by atoms with Crippen LogP contribution in [0.2, 0.25) is 0 Å². The van der Waals surface area contributed by atoms with Gasteiger partial charge in [0.15, 0.2) is 5.96 Å². The third kappa shape index (κ3) is 6.47. The van der Waals surface area contributed by atoms with Crippen LogP contribution in [0.5, 0.6) is 0 Å². The Hall–Kier alpha value is -1.14. The minimum absolute atomic E-state index is 0.875. The van der Waals surface area contributed by atoms with Crippen LogP contribution in [0.1, 0.15) is 41.3 Å². The van der Waals surface area contributed by atoms with Crippen LogP contribution < -0.4 is 10.6 Å². The average Bonchev–Trinajstić information content (AvgIpc) is 3.16. The molecule has 1 aromatic rings. The van der Waals surface area contributed by atoms with Crippen molar-refractivity contribution < 1.29 is 0 Å². The largest absolute Gasteiger partial charge is 0.356 e. The van der Waals surface area contributed by atoms with Crippen molar-refractivity contribution in [3.05, 3.63) is 15.6 Å². The highest BCUT2D eigenvalue weighted by atomic mass is 32.1. The molecule has 23 heavy (non-hydrogen) atoms. The lowest BCUT2D eigenvalue weighted by atomic mass is 10.3. The molecule has 1 aliphatic rings. The van der Waals surface area contributed by atoms with E-state index in [9.17, 15) is 0 Å². The first-order valence-electron chi connectivity index (χ1n) is 8.79. The molecule has 6 heteroatoms. The van der Waals surface area contributed by atoms with Crippen molar-refractivity contribution in [2.45, 2.75) is 46.0 Å². The third-order valence-electron chi connectivity index (χ3n) is 4.32. The summed E-state index contributed by atoms with van der Waals surface area (Å²) in [6, 6.07) is 0. The van der Waals surface area contributed by atoms with E-state index >= 15 is 0 Å². The summed E-state index contributed by atoms with van der Waals surface area (Å²) in [6.07, 6.45) is 6.18. The lowest BCUT2D eigenvalue weighted by molar-refractivity contribution is 0.330. The molecule has 0 aliphatic carbocycles. The standard InChI is InChI=1S/C17H31N5S/c1-14-15(2)23-16(21-14)8-10-20-17(18-3)19-9-4-5-11-22-12-6-7-13-22/h4-13H2,1-3H3,(H2,18,19,20). The smallest absolute Gasteiger partial charge is 0.190 e. The summed E-state index contributed by atoms with van der Waals surface area (Å²) in [4.78, 5) is 12.7. The van der Waals surface area contributed by atoms with E-state index in [0.29, 0.717) is 0 Å². The maximum Gasteiger partial charge on any atom is 0.190 e. The number of guanidine groups is 1. The van der Waals surface area contributed by atoms with Crippen molar-refractivity contribution in [2.75, 3.05) is 39.8 Å². The number of aryl methyl sites for hydroxylation is 2. The molecule has 130 valence electrons. The van der Waals surface area contributed by atoms with Crippen molar-refractivity contribution >= 4 is 17.3 Å². The number of hydrogen-bond donors (Lipinski definition) is 2. The van der Waals surface area contributed by atoms with Gasteiger partial charge in [0.25, 0.3) is 0 Å². The van der Waals surface area contributed by atoms with E-state index in [4.69, 9.17) is 0 Å². The number of aromatic nitrogens is 1. The number of rotatable bonds is 8. The van der Waals surface area contributed by atoms with Gasteiger partial charge in [-0.05, 0) is 59.2 Å². The third-order valence-corrected chi connectivity index (χ3v) is 5.45. The minimum Gasteiger partial charge on any atom is -0.356 e. The molecule has 0 spiro atoms. The van der Waals surface area contributed by atoms with Crippen LogP contribution in [0, 0.1) is 13.8 Å². The molecule has 0 atom stereocenters. The monoisotopic (exact) mass is 337 g/mol. The van der Waals surface area contributed by atoms with Gasteiger partial charge in [0.2, 0.25) is 0 Å². The van der Waals surface area contributed by atoms with Crippen LogP contribution in [0.3, 0.4) is 0 Å². The van der Waals surface area contributed by atoms with E-state index in [-0.39, 0.29) is 0 Å². The highest BCUT2D eigenvalue weighted by Gasteiger charge is 2.10. The first-order chi connectivity index (χ1) is 11.2. The molecule has 1 aromatic heterocycles. The Labute approximate surface area is 144 Å². The molecule has 1 aliphatic heterocycles. The fourth-order valence-corrected chi connectivity index (χ4v) is 3.76. The van der Waals surface area contributed by atoms with E-state index in [0.717, 1.165) is 31.2 Å². The maximum atomic E-state index is 4.57. The molecule has 0 aromatic carbocycles. The topological polar surface area (TPSA) is 52.6 Å². The SMILES string of the molecule is CN=C(NCCCCN1CCCC1)NCCc1nc(C)c(C)s1. The number of unbranched alkanes of at least 4 members (excludes halogenated alkanes) is 1. The highest BCUT2D eigenvalue weighted by Crippen LogP contribution is 2.16. The summed E-state index contributed by atoms with van der Waals surface area (Å²) in [7, 11) is 1.83. The van der Waals surface area contributed by atoms with Crippen molar-refractivity contribution in [1.29, 1.82) is 0 Å². The molecule has 2 heterocycles. The zero-order valence-electron chi connectivity index (χ0n) is 14.8. The molecule has 1 saturated heterocycles. The Kier molecular flexibility index (Phi) is 7.82. The van der Waals surface area contributed by atoms with E-state index < -0.39 is 0 Å². The van der Waals surface area contributed by atoms with E-state index in [1.54, 1.807) is 11.3 Å². The summed E-state index contributed by atoms with van der Waals surface area (Å²) in [6.45, 7) is 9.91. The molecule has 0 amide bonds. The van der Waals surface area contributed by atoms with Crippen LogP contribution in [0.25, 0.3) is 0 Å². The molecule has 5 nitrogen and oxygen atoms in total. The summed E-state index contributed by atoms with van der Waals surface area (Å²) in [5, 5.41) is 7.98. The van der Waals surface area contributed by atoms with Crippen LogP contribution in [-0.2, 0) is 6.42 Å². The van der Waals surface area contributed by atoms with Crippen molar-refractivity contribution in [3.63, 3.8) is 0 Å². The zero-order chi connectivity index (χ0) is 16.5. The predicted octanol–water partition coefficient (Wildman–Crippen LogP) is 2.34. The molecule has 1 fully saturated rings. The number of aliphatic imine (C=N–C) groups is 1. The lowest BCUT2D eigenvalue weighted by Gasteiger charge is -2.15. The Morgan fingerprint density at radius 2 is 1.91 bits per heavy atom. The number of thiazole rings is 1. The normalized spacial score (nSPS) is 16.0. The molecular weight excluding hydrogens is 306 g/mol. The Morgan fingerprint density at radius 1 is 1.17 bits per heavy atom. The van der Waals surface area contributed by atoms with Gasteiger partial charge in [0.1, 0.15) is 0 Å². The van der Waals surface area contributed by atoms with Gasteiger partial charge in [0, 0.05) is 31.4 Å². The molecule has 2 N–H and O–H groups in total. The predicted molar refractivity (Wildman–Crippen MR) is 99.6 cm³/mol. The number of likely N-dealkylation sites (tertiary alicyclic amines) is 1. The minimum atomic E-state index is 0.875. The number of hydrogen-bond acceptors (Lipinski definition) is 4. The van der Waals surface area contributed by atoms with Gasteiger partial charge in [-0.25, -0.2) is 4.98 Å². The van der Waals surface area contributed by atoms with Gasteiger partial charge in [-0.3, -0.25) is 4.99 Å². The van der Waals surface area contributed by atoms with Gasteiger partial charge in [-0.2, -0.15) is 0 Å². The molecule has 2 rings (SSSR count). The van der Waals surface area contributed by atoms with Gasteiger partial charge < -0.3 is 15.5 Å². The van der Waals surface area contributed by atoms with Crippen LogP contribution in [-0.4, -0.2) is 55.6 Å². The van der Waals surface area contributed by atoms with Crippen LogP contribution in [0.15, 0.2) is 4.99 Å². The Balaban J connectivity index is 1.54. The van der Waals surface area contributed by atoms with Gasteiger partial charge in [-0.1, -0.05) is 0 Å². The van der Waals surface area contributed by atoms with Gasteiger partial charge >= 0.3 is 0 Å². The summed E-state index contributed by atoms with van der Waals surface area (Å²) >= 11 is 1.79. The second-order valence-corrected chi connectivity index (χ2v) is 7.47. The van der Waals surface area contributed by atoms with Crippen LogP contribution in [0.4, 0.5) is 0 Å². The van der Waals surface area contributed by atoms with E-state index in [1.165, 1.54) is 55.2 Å². The molecule has 0 radical (unpaired) electrons. The first kappa shape index (κ1) is 18.2. The molecule has 0 saturated carbocycles.